The number of nitrogens with two attached hydrogens (primary N) is 1. The molecule has 0 saturated heterocycles. The first-order chi connectivity index (χ1) is 7.95. The van der Waals surface area contributed by atoms with E-state index < -0.39 is 18.1 Å². The first-order valence-corrected chi connectivity index (χ1v) is 5.92. The van der Waals surface area contributed by atoms with Gasteiger partial charge in [0, 0.05) is 3.57 Å². The molecule has 0 bridgehead atoms. The summed E-state index contributed by atoms with van der Waals surface area (Å²) in [6, 6.07) is 1.38. The number of halogens is 3. The number of aromatic nitrogens is 1. The molecule has 0 saturated carbocycles. The molecule has 1 aromatic heterocycles. The molecule has 7 heteroatoms. The van der Waals surface area contributed by atoms with Crippen LogP contribution in [-0.4, -0.2) is 17.6 Å². The molecule has 17 heavy (non-hydrogen) atoms. The molecule has 1 heterocycles. The summed E-state index contributed by atoms with van der Waals surface area (Å²) in [5, 5.41) is 0. The van der Waals surface area contributed by atoms with E-state index in [1.54, 1.807) is 6.92 Å². The Bertz CT molecular complexity index is 427. The molecule has 0 aromatic carbocycles. The maximum Gasteiger partial charge on any atom is 0.311 e. The zero-order chi connectivity index (χ0) is 13.0. The molecule has 2 N–H and O–H groups in total. The lowest BCUT2D eigenvalue weighted by Crippen LogP contribution is -2.12. The summed E-state index contributed by atoms with van der Waals surface area (Å²) in [6.07, 6.45) is -2.89. The predicted molar refractivity (Wildman–Crippen MR) is 66.7 cm³/mol. The number of carbonyl (C=O) groups excluding carboxylic acids is 1. The number of anilines is 1. The molecule has 0 aliphatic carbocycles. The van der Waals surface area contributed by atoms with Crippen LogP contribution in [0.4, 0.5) is 14.5 Å². The lowest BCUT2D eigenvalue weighted by atomic mass is 10.2. The Labute approximate surface area is 111 Å². The minimum atomic E-state index is -2.76. The zero-order valence-electron chi connectivity index (χ0n) is 9.04. The van der Waals surface area contributed by atoms with Crippen LogP contribution in [0.2, 0.25) is 0 Å². The van der Waals surface area contributed by atoms with Crippen LogP contribution in [0.3, 0.4) is 0 Å². The van der Waals surface area contributed by atoms with Crippen molar-refractivity contribution >= 4 is 34.2 Å². The molecule has 0 radical (unpaired) electrons. The predicted octanol–water partition coefficient (Wildman–Crippen LogP) is 2.31. The molecule has 0 aliphatic rings. The molecule has 94 valence electrons. The van der Waals surface area contributed by atoms with Crippen molar-refractivity contribution in [2.24, 2.45) is 0 Å². The molecule has 0 unspecified atom stereocenters. The van der Waals surface area contributed by atoms with Crippen molar-refractivity contribution in [1.29, 1.82) is 0 Å². The Kier molecular flexibility index (Phi) is 5.03. The Balaban J connectivity index is 2.99. The van der Waals surface area contributed by atoms with Gasteiger partial charge in [-0.3, -0.25) is 4.79 Å². The summed E-state index contributed by atoms with van der Waals surface area (Å²) in [5.74, 6) is -0.497. The average molecular weight is 356 g/mol. The third-order valence-corrected chi connectivity index (χ3v) is 2.87. The minimum Gasteiger partial charge on any atom is -0.466 e. The summed E-state index contributed by atoms with van der Waals surface area (Å²) in [6.45, 7) is 1.91. The first kappa shape index (κ1) is 14.1. The fourth-order valence-electron chi connectivity index (χ4n) is 1.20. The van der Waals surface area contributed by atoms with Gasteiger partial charge in [-0.05, 0) is 35.6 Å². The van der Waals surface area contributed by atoms with E-state index in [-0.39, 0.29) is 24.4 Å². The Hall–Kier alpha value is -0.990. The molecular formula is C10H11F2IN2O2. The van der Waals surface area contributed by atoms with E-state index in [2.05, 4.69) is 4.98 Å². The van der Waals surface area contributed by atoms with Gasteiger partial charge in [0.05, 0.1) is 24.4 Å². The Morgan fingerprint density at radius 2 is 2.29 bits per heavy atom. The monoisotopic (exact) mass is 356 g/mol. The van der Waals surface area contributed by atoms with E-state index in [1.165, 1.54) is 6.07 Å². The summed E-state index contributed by atoms with van der Waals surface area (Å²) in [7, 11) is 0. The standard InChI is InChI=1S/C10H11F2IN2O2/c1-2-17-8(16)4-7-5(13)3-6(14)9(15-7)10(11)12/h3,10H,2,4,14H2,1H3. The van der Waals surface area contributed by atoms with Gasteiger partial charge in [-0.25, -0.2) is 13.8 Å². The van der Waals surface area contributed by atoms with E-state index in [0.29, 0.717) is 3.57 Å². The van der Waals surface area contributed by atoms with Crippen molar-refractivity contribution in [3.63, 3.8) is 0 Å². The van der Waals surface area contributed by atoms with Crippen LogP contribution < -0.4 is 5.73 Å². The number of ether oxygens (including phenoxy) is 1. The second-order valence-corrected chi connectivity index (χ2v) is 4.34. The van der Waals surface area contributed by atoms with Crippen LogP contribution in [0.1, 0.15) is 24.7 Å². The molecule has 0 amide bonds. The average Bonchev–Trinajstić information content (AvgIpc) is 2.21. The molecule has 0 fully saturated rings. The number of pyridine rings is 1. The van der Waals surface area contributed by atoms with Gasteiger partial charge >= 0.3 is 5.97 Å². The lowest BCUT2D eigenvalue weighted by Gasteiger charge is -2.09. The van der Waals surface area contributed by atoms with Crippen molar-refractivity contribution < 1.29 is 18.3 Å². The maximum absolute atomic E-state index is 12.6. The fraction of sp³-hybridized carbons (Fsp3) is 0.400. The van der Waals surface area contributed by atoms with Crippen molar-refractivity contribution in [3.8, 4) is 0 Å². The van der Waals surface area contributed by atoms with Crippen LogP contribution in [0, 0.1) is 3.57 Å². The van der Waals surface area contributed by atoms with E-state index >= 15 is 0 Å². The number of rotatable bonds is 4. The molecule has 0 aliphatic heterocycles. The Morgan fingerprint density at radius 1 is 1.65 bits per heavy atom. The highest BCUT2D eigenvalue weighted by Crippen LogP contribution is 2.26. The largest absolute Gasteiger partial charge is 0.466 e. The van der Waals surface area contributed by atoms with Crippen LogP contribution in [0.15, 0.2) is 6.07 Å². The van der Waals surface area contributed by atoms with E-state index in [0.717, 1.165) is 0 Å². The molecule has 0 atom stereocenters. The normalized spacial score (nSPS) is 10.6. The van der Waals surface area contributed by atoms with Crippen molar-refractivity contribution in [3.05, 3.63) is 21.0 Å². The number of esters is 1. The maximum atomic E-state index is 12.6. The SMILES string of the molecule is CCOC(=O)Cc1nc(C(F)F)c(N)cc1I. The van der Waals surface area contributed by atoms with Crippen LogP contribution >= 0.6 is 22.6 Å². The van der Waals surface area contributed by atoms with Gasteiger partial charge in [0.15, 0.2) is 0 Å². The number of alkyl halides is 2. The minimum absolute atomic E-state index is 0.0722. The molecule has 0 spiro atoms. The van der Waals surface area contributed by atoms with Crippen molar-refractivity contribution in [1.82, 2.24) is 4.98 Å². The van der Waals surface area contributed by atoms with Crippen LogP contribution in [0.25, 0.3) is 0 Å². The summed E-state index contributed by atoms with van der Waals surface area (Å²) >= 11 is 1.89. The second kappa shape index (κ2) is 6.08. The molecule has 1 aromatic rings. The van der Waals surface area contributed by atoms with Gasteiger partial charge in [-0.15, -0.1) is 0 Å². The molecule has 1 rings (SSSR count). The van der Waals surface area contributed by atoms with Gasteiger partial charge in [0.2, 0.25) is 0 Å². The van der Waals surface area contributed by atoms with Gasteiger partial charge in [0.25, 0.3) is 6.43 Å². The highest BCUT2D eigenvalue weighted by molar-refractivity contribution is 14.1. The topological polar surface area (TPSA) is 65.2 Å². The van der Waals surface area contributed by atoms with Gasteiger partial charge in [-0.2, -0.15) is 0 Å². The van der Waals surface area contributed by atoms with E-state index in [4.69, 9.17) is 10.5 Å². The highest BCUT2D eigenvalue weighted by Gasteiger charge is 2.18. The summed E-state index contributed by atoms with van der Waals surface area (Å²) in [4.78, 5) is 15.0. The zero-order valence-corrected chi connectivity index (χ0v) is 11.2. The van der Waals surface area contributed by atoms with Crippen LogP contribution in [0.5, 0.6) is 0 Å². The van der Waals surface area contributed by atoms with Gasteiger partial charge < -0.3 is 10.5 Å². The molecule has 4 nitrogen and oxygen atoms in total. The van der Waals surface area contributed by atoms with Crippen molar-refractivity contribution in [2.75, 3.05) is 12.3 Å². The summed E-state index contributed by atoms with van der Waals surface area (Å²) < 4.78 is 30.4. The quantitative estimate of drug-likeness (QED) is 0.664. The van der Waals surface area contributed by atoms with Gasteiger partial charge in [0.1, 0.15) is 5.69 Å². The van der Waals surface area contributed by atoms with Crippen LogP contribution in [-0.2, 0) is 16.0 Å². The number of hydrogen-bond acceptors (Lipinski definition) is 4. The van der Waals surface area contributed by atoms with E-state index in [9.17, 15) is 13.6 Å². The fourth-order valence-corrected chi connectivity index (χ4v) is 1.85. The number of nitrogen functional groups attached to an aromatic ring is 1. The van der Waals surface area contributed by atoms with Crippen molar-refractivity contribution in [2.45, 2.75) is 19.8 Å². The van der Waals surface area contributed by atoms with Gasteiger partial charge in [-0.1, -0.05) is 0 Å². The van der Waals surface area contributed by atoms with E-state index in [1.807, 2.05) is 22.6 Å². The third kappa shape index (κ3) is 3.76. The number of hydrogen-bond donors (Lipinski definition) is 1. The first-order valence-electron chi connectivity index (χ1n) is 4.84. The number of nitrogens with zero attached hydrogens (tertiary/aromatic N) is 1. The third-order valence-electron chi connectivity index (χ3n) is 1.93. The number of carbonyl (C=O) groups is 1. The Morgan fingerprint density at radius 3 is 2.82 bits per heavy atom. The highest BCUT2D eigenvalue weighted by atomic mass is 127. The molecular weight excluding hydrogens is 345 g/mol. The smallest absolute Gasteiger partial charge is 0.311 e. The summed E-state index contributed by atoms with van der Waals surface area (Å²) in [5.41, 5.74) is 5.11. The lowest BCUT2D eigenvalue weighted by molar-refractivity contribution is -0.142. The second-order valence-electron chi connectivity index (χ2n) is 3.17.